The van der Waals surface area contributed by atoms with Crippen molar-refractivity contribution in [2.24, 2.45) is 0 Å². The average molecular weight is 266 g/mol. The van der Waals surface area contributed by atoms with Crippen LogP contribution in [0.15, 0.2) is 30.9 Å². The highest BCUT2D eigenvalue weighted by Gasteiger charge is 2.25. The highest BCUT2D eigenvalue weighted by atomic mass is 19.1. The minimum atomic E-state index is -0.604. The molecule has 1 aromatic rings. The Kier molecular flexibility index (Phi) is 4.11. The topological polar surface area (TPSA) is 55.6 Å². The molecule has 0 aliphatic carbocycles. The summed E-state index contributed by atoms with van der Waals surface area (Å²) in [5, 5.41) is 10.6. The fraction of sp³-hybridized carbons (Fsp3) is 0.385. The molecule has 1 heterocycles. The van der Waals surface area contributed by atoms with Crippen LogP contribution in [0.3, 0.4) is 0 Å². The van der Waals surface area contributed by atoms with Gasteiger partial charge in [-0.05, 0) is 12.5 Å². The minimum Gasteiger partial charge on any atom is -0.372 e. The Morgan fingerprint density at radius 1 is 1.63 bits per heavy atom. The average Bonchev–Trinajstić information content (AvgIpc) is 2.84. The smallest absolute Gasteiger partial charge is 0.272 e. The Morgan fingerprint density at radius 3 is 3.05 bits per heavy atom. The van der Waals surface area contributed by atoms with Crippen LogP contribution in [0.2, 0.25) is 0 Å². The van der Waals surface area contributed by atoms with Crippen LogP contribution in [0, 0.1) is 15.9 Å². The van der Waals surface area contributed by atoms with Crippen molar-refractivity contribution in [3.63, 3.8) is 0 Å². The van der Waals surface area contributed by atoms with Gasteiger partial charge in [0, 0.05) is 19.2 Å². The number of hydrogen-bond acceptors (Lipinski definition) is 4. The number of hydrogen-bond donors (Lipinski definition) is 0. The van der Waals surface area contributed by atoms with E-state index in [2.05, 4.69) is 6.58 Å². The maximum Gasteiger partial charge on any atom is 0.272 e. The maximum atomic E-state index is 13.8. The SMILES string of the molecule is C=CCOC1CCN(c2ccc([N+](=O)[O-])cc2F)C1. The number of halogens is 1. The quantitative estimate of drug-likeness (QED) is 0.467. The van der Waals surface area contributed by atoms with E-state index in [-0.39, 0.29) is 11.8 Å². The predicted octanol–water partition coefficient (Wildman–Crippen LogP) is 2.52. The van der Waals surface area contributed by atoms with Crippen LogP contribution in [0.4, 0.5) is 15.8 Å². The number of non-ortho nitro benzene ring substituents is 1. The monoisotopic (exact) mass is 266 g/mol. The molecule has 0 aromatic heterocycles. The van der Waals surface area contributed by atoms with Crippen LogP contribution < -0.4 is 4.90 Å². The van der Waals surface area contributed by atoms with Gasteiger partial charge in [-0.15, -0.1) is 6.58 Å². The normalized spacial score (nSPS) is 18.6. The van der Waals surface area contributed by atoms with Crippen molar-refractivity contribution in [2.75, 3.05) is 24.6 Å². The summed E-state index contributed by atoms with van der Waals surface area (Å²) >= 11 is 0. The van der Waals surface area contributed by atoms with Crippen molar-refractivity contribution >= 4 is 11.4 Å². The number of nitrogens with zero attached hydrogens (tertiary/aromatic N) is 2. The third-order valence-electron chi connectivity index (χ3n) is 3.08. The largest absolute Gasteiger partial charge is 0.372 e. The third kappa shape index (κ3) is 3.08. The first-order valence-electron chi connectivity index (χ1n) is 6.03. The van der Waals surface area contributed by atoms with E-state index < -0.39 is 10.7 Å². The zero-order valence-corrected chi connectivity index (χ0v) is 10.4. The van der Waals surface area contributed by atoms with E-state index in [0.29, 0.717) is 25.4 Å². The first-order valence-corrected chi connectivity index (χ1v) is 6.03. The number of nitro benzene ring substituents is 1. The van der Waals surface area contributed by atoms with Gasteiger partial charge in [-0.25, -0.2) is 4.39 Å². The Morgan fingerprint density at radius 2 is 2.42 bits per heavy atom. The minimum absolute atomic E-state index is 0.0487. The molecule has 0 bridgehead atoms. The van der Waals surface area contributed by atoms with Crippen LogP contribution in [0.1, 0.15) is 6.42 Å². The Hall–Kier alpha value is -1.95. The molecule has 0 amide bonds. The molecule has 1 fully saturated rings. The van der Waals surface area contributed by atoms with Gasteiger partial charge < -0.3 is 9.64 Å². The van der Waals surface area contributed by atoms with Crippen molar-refractivity contribution in [1.29, 1.82) is 0 Å². The molecule has 1 unspecified atom stereocenters. The number of anilines is 1. The van der Waals surface area contributed by atoms with Gasteiger partial charge in [0.1, 0.15) is 0 Å². The molecule has 19 heavy (non-hydrogen) atoms. The summed E-state index contributed by atoms with van der Waals surface area (Å²) in [6.07, 6.45) is 2.53. The van der Waals surface area contributed by atoms with Crippen molar-refractivity contribution in [2.45, 2.75) is 12.5 Å². The van der Waals surface area contributed by atoms with Gasteiger partial charge in [0.25, 0.3) is 5.69 Å². The van der Waals surface area contributed by atoms with E-state index in [9.17, 15) is 14.5 Å². The molecule has 6 heteroatoms. The molecular formula is C13H15FN2O3. The van der Waals surface area contributed by atoms with Gasteiger partial charge in [0.05, 0.1) is 29.4 Å². The molecule has 102 valence electrons. The van der Waals surface area contributed by atoms with Crippen LogP contribution in [0.5, 0.6) is 0 Å². The van der Waals surface area contributed by atoms with Gasteiger partial charge in [-0.1, -0.05) is 6.08 Å². The molecule has 1 saturated heterocycles. The lowest BCUT2D eigenvalue weighted by molar-refractivity contribution is -0.385. The second-order valence-electron chi connectivity index (χ2n) is 4.37. The predicted molar refractivity (Wildman–Crippen MR) is 69.8 cm³/mol. The molecule has 2 rings (SSSR count). The van der Waals surface area contributed by atoms with E-state index in [0.717, 1.165) is 12.5 Å². The number of benzene rings is 1. The van der Waals surface area contributed by atoms with Gasteiger partial charge in [-0.2, -0.15) is 0 Å². The lowest BCUT2D eigenvalue weighted by Gasteiger charge is -2.19. The van der Waals surface area contributed by atoms with Crippen molar-refractivity contribution < 1.29 is 14.1 Å². The van der Waals surface area contributed by atoms with E-state index in [4.69, 9.17) is 4.74 Å². The van der Waals surface area contributed by atoms with Gasteiger partial charge in [0.15, 0.2) is 5.82 Å². The zero-order chi connectivity index (χ0) is 13.8. The van der Waals surface area contributed by atoms with Crippen LogP contribution >= 0.6 is 0 Å². The molecule has 1 atom stereocenters. The molecule has 1 aliphatic heterocycles. The standard InChI is InChI=1S/C13H15FN2O3/c1-2-7-19-11-5-6-15(9-11)13-4-3-10(16(17)18)8-12(13)14/h2-4,8,11H,1,5-7,9H2. The Labute approximate surface area is 110 Å². The summed E-state index contributed by atoms with van der Waals surface area (Å²) in [6, 6.07) is 3.72. The molecule has 0 saturated carbocycles. The molecule has 1 aliphatic rings. The van der Waals surface area contributed by atoms with E-state index in [1.807, 2.05) is 4.90 Å². The molecule has 1 aromatic carbocycles. The highest BCUT2D eigenvalue weighted by Crippen LogP contribution is 2.27. The van der Waals surface area contributed by atoms with Crippen molar-refractivity contribution in [1.82, 2.24) is 0 Å². The van der Waals surface area contributed by atoms with Gasteiger partial charge >= 0.3 is 0 Å². The lowest BCUT2D eigenvalue weighted by atomic mass is 10.2. The Bertz CT molecular complexity index is 493. The van der Waals surface area contributed by atoms with Crippen LogP contribution in [-0.4, -0.2) is 30.7 Å². The summed E-state index contributed by atoms with van der Waals surface area (Å²) in [5.41, 5.74) is 0.148. The zero-order valence-electron chi connectivity index (χ0n) is 10.4. The molecule has 0 spiro atoms. The highest BCUT2D eigenvalue weighted by molar-refractivity contribution is 5.53. The third-order valence-corrected chi connectivity index (χ3v) is 3.08. The summed E-state index contributed by atoms with van der Waals surface area (Å²) in [6.45, 7) is 5.31. The molecule has 0 N–H and O–H groups in total. The molecular weight excluding hydrogens is 251 g/mol. The summed E-state index contributed by atoms with van der Waals surface area (Å²) < 4.78 is 19.4. The summed E-state index contributed by atoms with van der Waals surface area (Å²) in [7, 11) is 0. The number of ether oxygens (including phenoxy) is 1. The van der Waals surface area contributed by atoms with Gasteiger partial charge in [-0.3, -0.25) is 10.1 Å². The second kappa shape index (κ2) is 5.79. The van der Waals surface area contributed by atoms with Crippen molar-refractivity contribution in [3.05, 3.63) is 46.8 Å². The molecule has 5 nitrogen and oxygen atoms in total. The first kappa shape index (κ1) is 13.5. The van der Waals surface area contributed by atoms with E-state index >= 15 is 0 Å². The fourth-order valence-electron chi connectivity index (χ4n) is 2.15. The van der Waals surface area contributed by atoms with Crippen LogP contribution in [0.25, 0.3) is 0 Å². The number of rotatable bonds is 5. The van der Waals surface area contributed by atoms with Gasteiger partial charge in [0.2, 0.25) is 0 Å². The lowest BCUT2D eigenvalue weighted by Crippen LogP contribution is -2.23. The molecule has 0 radical (unpaired) electrons. The summed E-state index contributed by atoms with van der Waals surface area (Å²) in [4.78, 5) is 11.8. The fourth-order valence-corrected chi connectivity index (χ4v) is 2.15. The Balaban J connectivity index is 2.07. The van der Waals surface area contributed by atoms with Crippen LogP contribution in [-0.2, 0) is 4.74 Å². The van der Waals surface area contributed by atoms with E-state index in [1.165, 1.54) is 12.1 Å². The van der Waals surface area contributed by atoms with Crippen molar-refractivity contribution in [3.8, 4) is 0 Å². The number of nitro groups is 1. The second-order valence-corrected chi connectivity index (χ2v) is 4.37. The maximum absolute atomic E-state index is 13.8. The van der Waals surface area contributed by atoms with E-state index in [1.54, 1.807) is 6.08 Å². The first-order chi connectivity index (χ1) is 9.11. The summed E-state index contributed by atoms with van der Waals surface area (Å²) in [5.74, 6) is -0.571.